The maximum absolute atomic E-state index is 15.2. The minimum atomic E-state index is -4.04. The second-order valence-corrected chi connectivity index (χ2v) is 14.6. The van der Waals surface area contributed by atoms with Crippen molar-refractivity contribution in [2.75, 3.05) is 63.9 Å². The number of hydrogen-bond donors (Lipinski definition) is 2. The van der Waals surface area contributed by atoms with Crippen LogP contribution in [0.4, 0.5) is 5.69 Å². The molecule has 2 aliphatic rings. The molecule has 0 bridgehead atoms. The van der Waals surface area contributed by atoms with Crippen molar-refractivity contribution in [2.45, 2.75) is 17.5 Å². The van der Waals surface area contributed by atoms with E-state index in [4.69, 9.17) is 16.3 Å². The number of fused-ring (bicyclic) bond motifs is 1. The van der Waals surface area contributed by atoms with Crippen LogP contribution in [0.3, 0.4) is 0 Å². The Morgan fingerprint density at radius 3 is 1.92 bits per heavy atom. The van der Waals surface area contributed by atoms with E-state index in [0.29, 0.717) is 63.1 Å². The number of morpholine rings is 1. The fourth-order valence-corrected chi connectivity index (χ4v) is 9.13. The zero-order chi connectivity index (χ0) is 33.3. The number of aromatic nitrogens is 1. The lowest BCUT2D eigenvalue weighted by Gasteiger charge is -2.36. The van der Waals surface area contributed by atoms with Crippen LogP contribution in [0.5, 0.6) is 11.5 Å². The summed E-state index contributed by atoms with van der Waals surface area (Å²) in [5.41, 5.74) is 4.08. The number of ether oxygens (including phenoxy) is 1. The molecule has 0 atom stereocenters. The average Bonchev–Trinajstić information content (AvgIpc) is 3.44. The van der Waals surface area contributed by atoms with Crippen LogP contribution in [-0.4, -0.2) is 91.4 Å². The summed E-state index contributed by atoms with van der Waals surface area (Å²) in [6.07, 6.45) is 0. The highest BCUT2D eigenvalue weighted by atomic mass is 35.5. The zero-order valence-corrected chi connectivity index (χ0v) is 28.2. The number of hydrogen-bond acceptors (Lipinski definition) is 7. The number of para-hydroxylation sites is 2. The molecule has 2 saturated heterocycles. The number of anilines is 1. The van der Waals surface area contributed by atoms with Gasteiger partial charge in [0, 0.05) is 74.7 Å². The topological polar surface area (TPSA) is 98.5 Å². The highest BCUT2D eigenvalue weighted by Crippen LogP contribution is 2.43. The molecule has 0 unspecified atom stereocenters. The molecule has 0 saturated carbocycles. The SMILES string of the molecule is O=S(=O)(c1c(C(c2ccc(O)cc2)c2ccc(O)cc2)c2ccccc2n1CCN1CCOCC1)N1CCN(c2ccccc2Cl)CC1. The van der Waals surface area contributed by atoms with Crippen molar-refractivity contribution in [3.8, 4) is 11.5 Å². The van der Waals surface area contributed by atoms with Gasteiger partial charge in [0.05, 0.1) is 23.9 Å². The number of phenols is 2. The molecule has 5 aromatic rings. The van der Waals surface area contributed by atoms with Crippen molar-refractivity contribution >= 4 is 38.2 Å². The number of nitrogens with zero attached hydrogens (tertiary/aromatic N) is 4. The normalized spacial score (nSPS) is 16.6. The standard InChI is InChI=1S/C37H39ClN4O5S/c38-32-6-2-4-8-34(32)40-18-20-41(21-19-40)48(45,46)37-36(35(27-9-13-29(43)14-10-27)28-11-15-30(44)16-12-28)31-5-1-3-7-33(31)42(37)22-17-39-23-25-47-26-24-39/h1-16,35,43-44H,17-26H2. The van der Waals surface area contributed by atoms with E-state index < -0.39 is 15.9 Å². The lowest BCUT2D eigenvalue weighted by Crippen LogP contribution is -2.49. The molecule has 2 N–H and O–H groups in total. The van der Waals surface area contributed by atoms with E-state index in [2.05, 4.69) is 9.80 Å². The summed E-state index contributed by atoms with van der Waals surface area (Å²) in [5, 5.41) is 22.2. The van der Waals surface area contributed by atoms with Crippen molar-refractivity contribution < 1.29 is 23.4 Å². The highest BCUT2D eigenvalue weighted by molar-refractivity contribution is 7.89. The first kappa shape index (κ1) is 32.5. The molecule has 9 nitrogen and oxygen atoms in total. The third-order valence-electron chi connectivity index (χ3n) is 9.46. The van der Waals surface area contributed by atoms with Crippen LogP contribution in [0.2, 0.25) is 5.02 Å². The summed E-state index contributed by atoms with van der Waals surface area (Å²) >= 11 is 6.52. The summed E-state index contributed by atoms with van der Waals surface area (Å²) < 4.78 is 39.5. The Labute approximate surface area is 286 Å². The second-order valence-electron chi connectivity index (χ2n) is 12.3. The number of rotatable bonds is 9. The van der Waals surface area contributed by atoms with Crippen LogP contribution >= 0.6 is 11.6 Å². The Morgan fingerprint density at radius 1 is 0.708 bits per heavy atom. The molecule has 3 heterocycles. The molecule has 0 aliphatic carbocycles. The fraction of sp³-hybridized carbons (Fsp3) is 0.297. The van der Waals surface area contributed by atoms with Gasteiger partial charge in [-0.05, 0) is 53.6 Å². The largest absolute Gasteiger partial charge is 0.508 e. The zero-order valence-electron chi connectivity index (χ0n) is 26.6. The van der Waals surface area contributed by atoms with Crippen molar-refractivity contribution in [3.63, 3.8) is 0 Å². The summed E-state index contributed by atoms with van der Waals surface area (Å²) in [7, 11) is -4.04. The number of piperazine rings is 1. The lowest BCUT2D eigenvalue weighted by molar-refractivity contribution is 0.0362. The number of sulfonamides is 1. The van der Waals surface area contributed by atoms with Crippen LogP contribution in [0.15, 0.2) is 102 Å². The minimum absolute atomic E-state index is 0.125. The Bertz CT molecular complexity index is 1940. The molecule has 4 aromatic carbocycles. The van der Waals surface area contributed by atoms with Crippen LogP contribution in [0, 0.1) is 0 Å². The van der Waals surface area contributed by atoms with Crippen LogP contribution in [0.25, 0.3) is 10.9 Å². The summed E-state index contributed by atoms with van der Waals surface area (Å²) in [6.45, 7) is 5.67. The number of phenolic OH excluding ortho intramolecular Hbond substituents is 2. The summed E-state index contributed by atoms with van der Waals surface area (Å²) in [6, 6.07) is 29.4. The summed E-state index contributed by atoms with van der Waals surface area (Å²) in [5.74, 6) is -0.254. The van der Waals surface area contributed by atoms with E-state index >= 15 is 8.42 Å². The molecular weight excluding hydrogens is 648 g/mol. The maximum atomic E-state index is 15.2. The molecule has 0 spiro atoms. The molecule has 2 aliphatic heterocycles. The monoisotopic (exact) mass is 686 g/mol. The number of halogens is 1. The first-order valence-corrected chi connectivity index (χ1v) is 18.1. The molecule has 1 aromatic heterocycles. The minimum Gasteiger partial charge on any atom is -0.508 e. The Morgan fingerprint density at radius 2 is 1.29 bits per heavy atom. The highest BCUT2D eigenvalue weighted by Gasteiger charge is 2.38. The maximum Gasteiger partial charge on any atom is 0.259 e. The fourth-order valence-electron chi connectivity index (χ4n) is 7.01. The quantitative estimate of drug-likeness (QED) is 0.205. The smallest absolute Gasteiger partial charge is 0.259 e. The molecular formula is C37H39ClN4O5S. The van der Waals surface area contributed by atoms with Gasteiger partial charge in [0.2, 0.25) is 0 Å². The van der Waals surface area contributed by atoms with Crippen molar-refractivity contribution in [2.24, 2.45) is 0 Å². The second kappa shape index (κ2) is 13.8. The number of benzene rings is 4. The molecule has 48 heavy (non-hydrogen) atoms. The van der Waals surface area contributed by atoms with E-state index in [-0.39, 0.29) is 16.5 Å². The third-order valence-corrected chi connectivity index (χ3v) is 11.8. The van der Waals surface area contributed by atoms with Crippen molar-refractivity contribution in [1.29, 1.82) is 0 Å². The van der Waals surface area contributed by atoms with Gasteiger partial charge in [-0.1, -0.05) is 66.2 Å². The van der Waals surface area contributed by atoms with Gasteiger partial charge in [0.25, 0.3) is 10.0 Å². The molecule has 11 heteroatoms. The van der Waals surface area contributed by atoms with Crippen LogP contribution in [0.1, 0.15) is 22.6 Å². The molecule has 2 fully saturated rings. The molecule has 7 rings (SSSR count). The van der Waals surface area contributed by atoms with Crippen LogP contribution in [-0.2, 0) is 21.3 Å². The van der Waals surface area contributed by atoms with Crippen molar-refractivity contribution in [3.05, 3.63) is 119 Å². The molecule has 250 valence electrons. The van der Waals surface area contributed by atoms with Gasteiger partial charge in [-0.15, -0.1) is 0 Å². The van der Waals surface area contributed by atoms with Gasteiger partial charge in [0.1, 0.15) is 11.5 Å². The van der Waals surface area contributed by atoms with Gasteiger partial charge >= 0.3 is 0 Å². The van der Waals surface area contributed by atoms with Gasteiger partial charge in [-0.3, -0.25) is 4.90 Å². The van der Waals surface area contributed by atoms with Gasteiger partial charge in [-0.25, -0.2) is 8.42 Å². The van der Waals surface area contributed by atoms with E-state index in [0.717, 1.165) is 40.8 Å². The first-order valence-electron chi connectivity index (χ1n) is 16.3. The average molecular weight is 687 g/mol. The molecule has 0 radical (unpaired) electrons. The summed E-state index contributed by atoms with van der Waals surface area (Å²) in [4.78, 5) is 4.45. The van der Waals surface area contributed by atoms with Crippen LogP contribution < -0.4 is 4.90 Å². The van der Waals surface area contributed by atoms with Gasteiger partial charge in [0.15, 0.2) is 5.03 Å². The predicted molar refractivity (Wildman–Crippen MR) is 189 cm³/mol. The predicted octanol–water partition coefficient (Wildman–Crippen LogP) is 5.73. The van der Waals surface area contributed by atoms with E-state index in [1.165, 1.54) is 0 Å². The van der Waals surface area contributed by atoms with Gasteiger partial charge in [-0.2, -0.15) is 4.31 Å². The van der Waals surface area contributed by atoms with E-state index in [1.54, 1.807) is 28.6 Å². The van der Waals surface area contributed by atoms with Crippen molar-refractivity contribution in [1.82, 2.24) is 13.8 Å². The van der Waals surface area contributed by atoms with E-state index in [1.807, 2.05) is 77.4 Å². The Balaban J connectivity index is 1.38. The van der Waals surface area contributed by atoms with E-state index in [9.17, 15) is 10.2 Å². The lowest BCUT2D eigenvalue weighted by atomic mass is 9.85. The number of aromatic hydroxyl groups is 2. The third kappa shape index (κ3) is 6.38. The Hall–Kier alpha value is -4.06. The van der Waals surface area contributed by atoms with Gasteiger partial charge < -0.3 is 24.4 Å². The Kier molecular flexibility index (Phi) is 9.35. The molecule has 0 amide bonds. The first-order chi connectivity index (χ1) is 23.3.